The van der Waals surface area contributed by atoms with E-state index in [-0.39, 0.29) is 17.9 Å². The Hall–Kier alpha value is -2.77. The molecule has 0 saturated carbocycles. The fourth-order valence-electron chi connectivity index (χ4n) is 3.27. The third-order valence-electron chi connectivity index (χ3n) is 5.13. The number of likely N-dealkylation sites (tertiary alicyclic amines) is 1. The van der Waals surface area contributed by atoms with Crippen LogP contribution in [0.5, 0.6) is 0 Å². The Kier molecular flexibility index (Phi) is 8.71. The molecular weight excluding hydrogens is 394 g/mol. The van der Waals surface area contributed by atoms with E-state index in [9.17, 15) is 9.59 Å². The Balaban J connectivity index is 1.87. The van der Waals surface area contributed by atoms with E-state index in [1.807, 2.05) is 58.9 Å². The maximum Gasteiger partial charge on any atom is 0.407 e. The van der Waals surface area contributed by atoms with Gasteiger partial charge < -0.3 is 25.6 Å². The molecule has 31 heavy (non-hydrogen) atoms. The van der Waals surface area contributed by atoms with Crippen LogP contribution in [0.25, 0.3) is 0 Å². The van der Waals surface area contributed by atoms with Gasteiger partial charge in [0.1, 0.15) is 5.60 Å². The summed E-state index contributed by atoms with van der Waals surface area (Å²) in [6, 6.07) is 7.83. The van der Waals surface area contributed by atoms with Crippen LogP contribution in [-0.4, -0.2) is 54.6 Å². The third-order valence-corrected chi connectivity index (χ3v) is 5.13. The van der Waals surface area contributed by atoms with E-state index in [0.29, 0.717) is 13.1 Å². The smallest absolute Gasteiger partial charge is 0.407 e. The highest BCUT2D eigenvalue weighted by Gasteiger charge is 2.27. The monoisotopic (exact) mass is 431 g/mol. The minimum atomic E-state index is -0.511. The highest BCUT2D eigenvalue weighted by molar-refractivity contribution is 5.92. The van der Waals surface area contributed by atoms with Crippen LogP contribution in [0, 0.1) is 5.92 Å². The lowest BCUT2D eigenvalue weighted by Gasteiger charge is -2.23. The number of carbonyl (C=O) groups excluding carboxylic acids is 2. The second kappa shape index (κ2) is 11.0. The van der Waals surface area contributed by atoms with Gasteiger partial charge in [0.15, 0.2) is 5.96 Å². The summed E-state index contributed by atoms with van der Waals surface area (Å²) in [5.41, 5.74) is 1.33. The molecule has 1 heterocycles. The second-order valence-electron chi connectivity index (χ2n) is 8.98. The summed E-state index contributed by atoms with van der Waals surface area (Å²) in [5.74, 6) is 0.796. The Bertz CT molecular complexity index is 788. The number of hydrogen-bond acceptors (Lipinski definition) is 4. The summed E-state index contributed by atoms with van der Waals surface area (Å²) in [6.07, 6.45) is 1.25. The zero-order valence-electron chi connectivity index (χ0n) is 19.6. The van der Waals surface area contributed by atoms with E-state index >= 15 is 0 Å². The van der Waals surface area contributed by atoms with Gasteiger partial charge in [0.25, 0.3) is 0 Å². The van der Waals surface area contributed by atoms with Gasteiger partial charge in [-0.3, -0.25) is 9.79 Å². The molecule has 0 aromatic heterocycles. The number of benzene rings is 1. The first-order valence-corrected chi connectivity index (χ1v) is 11.0. The molecule has 1 aliphatic rings. The molecule has 2 rings (SSSR count). The minimum absolute atomic E-state index is 0.0157. The van der Waals surface area contributed by atoms with Gasteiger partial charge in [-0.2, -0.15) is 0 Å². The Labute approximate surface area is 185 Å². The second-order valence-corrected chi connectivity index (χ2v) is 8.98. The lowest BCUT2D eigenvalue weighted by Crippen LogP contribution is -2.44. The van der Waals surface area contributed by atoms with Crippen molar-refractivity contribution in [1.82, 2.24) is 15.5 Å². The summed E-state index contributed by atoms with van der Waals surface area (Å²) < 4.78 is 5.34. The van der Waals surface area contributed by atoms with Crippen LogP contribution in [0.3, 0.4) is 0 Å². The highest BCUT2D eigenvalue weighted by Crippen LogP contribution is 2.15. The first-order valence-electron chi connectivity index (χ1n) is 11.0. The number of nitrogens with zero attached hydrogens (tertiary/aromatic N) is 2. The summed E-state index contributed by atoms with van der Waals surface area (Å²) >= 11 is 0. The van der Waals surface area contributed by atoms with Gasteiger partial charge in [0.05, 0.1) is 6.04 Å². The molecule has 2 unspecified atom stereocenters. The first kappa shape index (κ1) is 24.5. The summed E-state index contributed by atoms with van der Waals surface area (Å²) in [4.78, 5) is 30.6. The van der Waals surface area contributed by atoms with Crippen molar-refractivity contribution < 1.29 is 14.3 Å². The van der Waals surface area contributed by atoms with Crippen molar-refractivity contribution in [3.8, 4) is 0 Å². The summed E-state index contributed by atoms with van der Waals surface area (Å²) in [5, 5.41) is 9.28. The number of hydrogen-bond donors (Lipinski definition) is 3. The minimum Gasteiger partial charge on any atom is -0.444 e. The van der Waals surface area contributed by atoms with Crippen LogP contribution < -0.4 is 16.0 Å². The fourth-order valence-corrected chi connectivity index (χ4v) is 3.27. The van der Waals surface area contributed by atoms with Crippen molar-refractivity contribution in [1.29, 1.82) is 0 Å². The van der Waals surface area contributed by atoms with Crippen molar-refractivity contribution in [2.45, 2.75) is 65.6 Å². The van der Waals surface area contributed by atoms with Crippen LogP contribution in [0.2, 0.25) is 0 Å². The molecule has 0 aliphatic carbocycles. The molecule has 1 saturated heterocycles. The van der Waals surface area contributed by atoms with Crippen molar-refractivity contribution in [2.24, 2.45) is 10.9 Å². The van der Waals surface area contributed by atoms with Gasteiger partial charge in [-0.15, -0.1) is 0 Å². The van der Waals surface area contributed by atoms with Crippen molar-refractivity contribution in [3.63, 3.8) is 0 Å². The molecule has 2 amide bonds. The summed E-state index contributed by atoms with van der Waals surface area (Å²) in [6.45, 7) is 11.5. The number of carbonyl (C=O) groups is 2. The molecule has 1 fully saturated rings. The SMILES string of the molecule is CCC(C)C(=O)Nc1cccc(CNC(=NC)N2CCC(NC(=O)OC(C)(C)C)C2)c1. The Morgan fingerprint density at radius 3 is 2.71 bits per heavy atom. The van der Waals surface area contributed by atoms with E-state index in [1.54, 1.807) is 7.05 Å². The highest BCUT2D eigenvalue weighted by atomic mass is 16.6. The van der Waals surface area contributed by atoms with Crippen molar-refractivity contribution in [3.05, 3.63) is 29.8 Å². The zero-order valence-corrected chi connectivity index (χ0v) is 19.6. The van der Waals surface area contributed by atoms with Crippen LogP contribution in [0.1, 0.15) is 53.0 Å². The molecule has 3 N–H and O–H groups in total. The molecule has 8 heteroatoms. The number of anilines is 1. The molecule has 2 atom stereocenters. The number of rotatable bonds is 6. The average Bonchev–Trinajstić information content (AvgIpc) is 3.14. The van der Waals surface area contributed by atoms with Gasteiger partial charge in [-0.05, 0) is 51.3 Å². The normalized spacial score (nSPS) is 17.8. The number of guanidine groups is 1. The molecule has 8 nitrogen and oxygen atoms in total. The summed E-state index contributed by atoms with van der Waals surface area (Å²) in [7, 11) is 1.75. The predicted molar refractivity (Wildman–Crippen MR) is 124 cm³/mol. The van der Waals surface area contributed by atoms with Gasteiger partial charge in [-0.1, -0.05) is 26.0 Å². The van der Waals surface area contributed by atoms with E-state index in [2.05, 4.69) is 25.8 Å². The zero-order chi connectivity index (χ0) is 23.0. The maximum atomic E-state index is 12.1. The molecule has 1 aromatic rings. The van der Waals surface area contributed by atoms with E-state index in [0.717, 1.165) is 36.6 Å². The number of ether oxygens (including phenoxy) is 1. The van der Waals surface area contributed by atoms with Crippen LogP contribution in [-0.2, 0) is 16.1 Å². The van der Waals surface area contributed by atoms with Gasteiger partial charge in [-0.25, -0.2) is 4.79 Å². The molecule has 172 valence electrons. The standard InChI is InChI=1S/C23H37N5O3/c1-7-16(2)20(29)26-18-10-8-9-17(13-18)14-25-21(24-6)28-12-11-19(15-28)27-22(30)31-23(3,4)5/h8-10,13,16,19H,7,11-12,14-15H2,1-6H3,(H,24,25)(H,26,29)(H,27,30). The van der Waals surface area contributed by atoms with Crippen molar-refractivity contribution >= 4 is 23.6 Å². The first-order chi connectivity index (χ1) is 14.6. The van der Waals surface area contributed by atoms with Crippen molar-refractivity contribution in [2.75, 3.05) is 25.5 Å². The average molecular weight is 432 g/mol. The topological polar surface area (TPSA) is 95.1 Å². The van der Waals surface area contributed by atoms with E-state index in [4.69, 9.17) is 4.74 Å². The Morgan fingerprint density at radius 1 is 1.32 bits per heavy atom. The van der Waals surface area contributed by atoms with Gasteiger partial charge in [0, 0.05) is 38.3 Å². The van der Waals surface area contributed by atoms with Crippen LogP contribution in [0.4, 0.5) is 10.5 Å². The van der Waals surface area contributed by atoms with Crippen LogP contribution in [0.15, 0.2) is 29.3 Å². The molecule has 1 aromatic carbocycles. The lowest BCUT2D eigenvalue weighted by molar-refractivity contribution is -0.119. The lowest BCUT2D eigenvalue weighted by atomic mass is 10.1. The number of nitrogens with one attached hydrogen (secondary N) is 3. The van der Waals surface area contributed by atoms with Gasteiger partial charge >= 0.3 is 6.09 Å². The molecule has 0 bridgehead atoms. The largest absolute Gasteiger partial charge is 0.444 e. The molecule has 1 aliphatic heterocycles. The number of amides is 2. The maximum absolute atomic E-state index is 12.1. The van der Waals surface area contributed by atoms with E-state index in [1.165, 1.54) is 0 Å². The molecule has 0 spiro atoms. The van der Waals surface area contributed by atoms with Gasteiger partial charge in [0.2, 0.25) is 5.91 Å². The third kappa shape index (κ3) is 8.11. The molecule has 0 radical (unpaired) electrons. The van der Waals surface area contributed by atoms with E-state index < -0.39 is 11.7 Å². The number of aliphatic imine (C=N–C) groups is 1. The Morgan fingerprint density at radius 2 is 2.06 bits per heavy atom. The quantitative estimate of drug-likeness (QED) is 0.474. The number of alkyl carbamates (subject to hydrolysis) is 1. The predicted octanol–water partition coefficient (Wildman–Crippen LogP) is 3.35. The molecular formula is C23H37N5O3. The van der Waals surface area contributed by atoms with Crippen LogP contribution >= 0.6 is 0 Å². The fraction of sp³-hybridized carbons (Fsp3) is 0.609.